The fraction of sp³-hybridized carbons (Fsp3) is 0.278. The molecule has 0 spiro atoms. The number of anilines is 1. The molecule has 3 saturated carbocycles. The van der Waals surface area contributed by atoms with Gasteiger partial charge in [-0.1, -0.05) is 0 Å². The number of carbonyl (C=O) groups excluding carboxylic acids is 1. The van der Waals surface area contributed by atoms with Crippen molar-refractivity contribution in [3.8, 4) is 11.9 Å². The summed E-state index contributed by atoms with van der Waals surface area (Å²) in [7, 11) is 0. The van der Waals surface area contributed by atoms with Crippen LogP contribution in [0.5, 0.6) is 0 Å². The first kappa shape index (κ1) is 14.8. The van der Waals surface area contributed by atoms with Crippen LogP contribution in [0.3, 0.4) is 0 Å². The molecule has 26 heavy (non-hydrogen) atoms. The number of nitrogens with one attached hydrogen (secondary N) is 1. The van der Waals surface area contributed by atoms with E-state index in [4.69, 9.17) is 11.0 Å². The van der Waals surface area contributed by atoms with Crippen molar-refractivity contribution in [1.82, 2.24) is 19.7 Å². The van der Waals surface area contributed by atoms with Crippen LogP contribution in [0.25, 0.3) is 16.9 Å². The van der Waals surface area contributed by atoms with E-state index in [-0.39, 0.29) is 5.54 Å². The van der Waals surface area contributed by atoms with Gasteiger partial charge in [0.2, 0.25) is 0 Å². The van der Waals surface area contributed by atoms with Crippen LogP contribution < -0.4 is 11.1 Å². The molecule has 0 aliphatic heterocycles. The highest BCUT2D eigenvalue weighted by molar-refractivity contribution is 5.98. The molecule has 3 aromatic rings. The molecule has 8 heteroatoms. The molecule has 3 fully saturated rings. The van der Waals surface area contributed by atoms with E-state index in [1.807, 2.05) is 0 Å². The van der Waals surface area contributed by atoms with Crippen molar-refractivity contribution < 1.29 is 4.79 Å². The second kappa shape index (κ2) is 5.02. The highest BCUT2D eigenvalue weighted by Crippen LogP contribution is 2.58. The van der Waals surface area contributed by atoms with Gasteiger partial charge in [0.05, 0.1) is 23.0 Å². The number of fused-ring (bicyclic) bond motifs is 1. The molecule has 0 unspecified atom stereocenters. The van der Waals surface area contributed by atoms with Crippen molar-refractivity contribution in [3.05, 3.63) is 41.9 Å². The number of nitrogens with zero attached hydrogens (tertiary/aromatic N) is 5. The predicted octanol–water partition coefficient (Wildman–Crippen LogP) is 1.75. The van der Waals surface area contributed by atoms with Crippen LogP contribution in [0, 0.1) is 17.2 Å². The summed E-state index contributed by atoms with van der Waals surface area (Å²) in [6, 6.07) is 5.58. The standard InChI is InChI=1S/C18H15N7O/c19-6-10-1-12-8-23-25(17(12)22-7-10)15-2-14(13(9-21-15)16(20)26)24-18-3-11(4-18)5-18/h1-2,7-9,11H,3-5H2,(H2,20,26)(H,21,24). The second-order valence-electron chi connectivity index (χ2n) is 7.14. The first-order valence-corrected chi connectivity index (χ1v) is 8.39. The molecule has 8 nitrogen and oxygen atoms in total. The summed E-state index contributed by atoms with van der Waals surface area (Å²) in [5, 5.41) is 17.6. The second-order valence-corrected chi connectivity index (χ2v) is 7.14. The maximum atomic E-state index is 11.8. The molecule has 0 atom stereocenters. The summed E-state index contributed by atoms with van der Waals surface area (Å²) < 4.78 is 1.59. The fourth-order valence-corrected chi connectivity index (χ4v) is 3.93. The molecule has 3 aliphatic carbocycles. The zero-order valence-corrected chi connectivity index (χ0v) is 13.8. The molecule has 3 aromatic heterocycles. The van der Waals surface area contributed by atoms with E-state index in [1.54, 1.807) is 23.0 Å². The number of pyridine rings is 2. The topological polar surface area (TPSA) is 123 Å². The Labute approximate surface area is 148 Å². The Kier molecular flexibility index (Phi) is 2.86. The van der Waals surface area contributed by atoms with Crippen molar-refractivity contribution in [1.29, 1.82) is 5.26 Å². The van der Waals surface area contributed by atoms with Gasteiger partial charge in [-0.2, -0.15) is 15.0 Å². The lowest BCUT2D eigenvalue weighted by atomic mass is 9.50. The summed E-state index contributed by atoms with van der Waals surface area (Å²) in [6.07, 6.45) is 8.01. The van der Waals surface area contributed by atoms with Crippen molar-refractivity contribution in [2.24, 2.45) is 11.7 Å². The molecule has 0 radical (unpaired) electrons. The number of carbonyl (C=O) groups is 1. The maximum Gasteiger partial charge on any atom is 0.252 e. The lowest BCUT2D eigenvalue weighted by molar-refractivity contribution is 0.00209. The van der Waals surface area contributed by atoms with Gasteiger partial charge >= 0.3 is 0 Å². The number of nitriles is 1. The quantitative estimate of drug-likeness (QED) is 0.742. The number of hydrogen-bond acceptors (Lipinski definition) is 6. The van der Waals surface area contributed by atoms with Gasteiger partial charge < -0.3 is 11.1 Å². The molecule has 2 bridgehead atoms. The van der Waals surface area contributed by atoms with Gasteiger partial charge in [0.25, 0.3) is 5.91 Å². The van der Waals surface area contributed by atoms with Crippen molar-refractivity contribution in [2.75, 3.05) is 5.32 Å². The first-order valence-electron chi connectivity index (χ1n) is 8.39. The number of aromatic nitrogens is 4. The third kappa shape index (κ3) is 2.07. The Bertz CT molecular complexity index is 1090. The third-order valence-corrected chi connectivity index (χ3v) is 5.35. The number of hydrogen-bond donors (Lipinski definition) is 2. The van der Waals surface area contributed by atoms with Crippen molar-refractivity contribution in [2.45, 2.75) is 24.8 Å². The molecule has 6 rings (SSSR count). The highest BCUT2D eigenvalue weighted by atomic mass is 16.1. The van der Waals surface area contributed by atoms with Crippen LogP contribution in [0.1, 0.15) is 35.2 Å². The Morgan fingerprint density at radius 2 is 2.08 bits per heavy atom. The van der Waals surface area contributed by atoms with Gasteiger partial charge in [0, 0.05) is 29.4 Å². The monoisotopic (exact) mass is 345 g/mol. The van der Waals surface area contributed by atoms with E-state index < -0.39 is 5.91 Å². The van der Waals surface area contributed by atoms with E-state index in [9.17, 15) is 4.79 Å². The number of nitrogens with two attached hydrogens (primary N) is 1. The van der Waals surface area contributed by atoms with Gasteiger partial charge in [0.1, 0.15) is 6.07 Å². The molecular weight excluding hydrogens is 330 g/mol. The van der Waals surface area contributed by atoms with Crippen molar-refractivity contribution >= 4 is 22.6 Å². The van der Waals surface area contributed by atoms with Crippen LogP contribution in [0.4, 0.5) is 5.69 Å². The van der Waals surface area contributed by atoms with E-state index in [0.29, 0.717) is 28.3 Å². The van der Waals surface area contributed by atoms with Gasteiger partial charge in [0.15, 0.2) is 11.5 Å². The number of rotatable bonds is 4. The zero-order valence-electron chi connectivity index (χ0n) is 13.8. The third-order valence-electron chi connectivity index (χ3n) is 5.35. The van der Waals surface area contributed by atoms with E-state index in [2.05, 4.69) is 26.5 Å². The average Bonchev–Trinajstić information content (AvgIpc) is 2.99. The predicted molar refractivity (Wildman–Crippen MR) is 93.6 cm³/mol. The van der Waals surface area contributed by atoms with Crippen LogP contribution in [-0.2, 0) is 0 Å². The van der Waals surface area contributed by atoms with Crippen LogP contribution >= 0.6 is 0 Å². The fourth-order valence-electron chi connectivity index (χ4n) is 3.93. The van der Waals surface area contributed by atoms with Gasteiger partial charge in [-0.05, 0) is 31.2 Å². The minimum Gasteiger partial charge on any atom is -0.379 e. The first-order chi connectivity index (χ1) is 12.6. The van der Waals surface area contributed by atoms with Gasteiger partial charge in [-0.25, -0.2) is 9.97 Å². The summed E-state index contributed by atoms with van der Waals surface area (Å²) in [6.45, 7) is 0. The zero-order chi connectivity index (χ0) is 17.9. The molecule has 3 aliphatic rings. The summed E-state index contributed by atoms with van der Waals surface area (Å²) in [5.41, 5.74) is 7.73. The molecule has 0 saturated heterocycles. The summed E-state index contributed by atoms with van der Waals surface area (Å²) in [5.74, 6) is 0.839. The summed E-state index contributed by atoms with van der Waals surface area (Å²) >= 11 is 0. The molecule has 1 amide bonds. The smallest absolute Gasteiger partial charge is 0.252 e. The number of primary amides is 1. The summed E-state index contributed by atoms with van der Waals surface area (Å²) in [4.78, 5) is 20.4. The minimum absolute atomic E-state index is 0.0968. The largest absolute Gasteiger partial charge is 0.379 e. The molecule has 3 N–H and O–H groups in total. The minimum atomic E-state index is -0.514. The van der Waals surface area contributed by atoms with Crippen LogP contribution in [-0.4, -0.2) is 31.2 Å². The highest BCUT2D eigenvalue weighted by Gasteiger charge is 2.56. The van der Waals surface area contributed by atoms with E-state index >= 15 is 0 Å². The molecule has 0 aromatic carbocycles. The van der Waals surface area contributed by atoms with Crippen LogP contribution in [0.2, 0.25) is 0 Å². The maximum absolute atomic E-state index is 11.8. The Balaban J connectivity index is 1.59. The SMILES string of the molecule is N#Cc1cnc2c(cnn2-c2cc(NC34CC(C3)C4)c(C(N)=O)cn2)c1. The van der Waals surface area contributed by atoms with E-state index in [1.165, 1.54) is 12.4 Å². The van der Waals surface area contributed by atoms with Crippen LogP contribution in [0.15, 0.2) is 30.7 Å². The van der Waals surface area contributed by atoms with Crippen molar-refractivity contribution in [3.63, 3.8) is 0 Å². The molecule has 3 heterocycles. The van der Waals surface area contributed by atoms with E-state index in [0.717, 1.165) is 30.6 Å². The molecular formula is C18H15N7O. The molecule has 128 valence electrons. The Morgan fingerprint density at radius 1 is 1.27 bits per heavy atom. The lowest BCUT2D eigenvalue weighted by Gasteiger charge is -2.62. The van der Waals surface area contributed by atoms with Gasteiger partial charge in [-0.3, -0.25) is 4.79 Å². The number of amides is 1. The van der Waals surface area contributed by atoms with Gasteiger partial charge in [-0.15, -0.1) is 0 Å². The Hall–Kier alpha value is -3.47. The average molecular weight is 345 g/mol. The lowest BCUT2D eigenvalue weighted by Crippen LogP contribution is -2.63. The Morgan fingerprint density at radius 3 is 2.73 bits per heavy atom. The normalized spacial score (nSPS) is 23.0.